The van der Waals surface area contributed by atoms with Crippen molar-refractivity contribution in [2.75, 3.05) is 5.32 Å². The molecular weight excluding hydrogens is 471 g/mol. The average molecular weight is 495 g/mol. The second-order valence-electron chi connectivity index (χ2n) is 10.1. The van der Waals surface area contributed by atoms with Crippen LogP contribution in [-0.2, 0) is 0 Å². The Morgan fingerprint density at radius 1 is 0.538 bits per heavy atom. The number of hydrogen-bond acceptors (Lipinski definition) is 1. The Kier molecular flexibility index (Phi) is 4.96. The smallest absolute Gasteiger partial charge is 0.197 e. The molecule has 2 nitrogen and oxygen atoms in total. The summed E-state index contributed by atoms with van der Waals surface area (Å²) in [6, 6.07) is 49.9. The van der Waals surface area contributed by atoms with Gasteiger partial charge in [-0.05, 0) is 58.6 Å². The first-order valence-corrected chi connectivity index (χ1v) is 13.4. The van der Waals surface area contributed by atoms with Gasteiger partial charge in [0.25, 0.3) is 0 Å². The molecule has 7 aromatic rings. The predicted octanol–water partition coefficient (Wildman–Crippen LogP) is 7.83. The van der Waals surface area contributed by atoms with Gasteiger partial charge in [0.15, 0.2) is 7.28 Å². The van der Waals surface area contributed by atoms with E-state index in [1.54, 1.807) is 0 Å². The highest BCUT2D eigenvalue weighted by molar-refractivity contribution is 6.73. The maximum Gasteiger partial charge on any atom is 0.197 e. The van der Waals surface area contributed by atoms with Crippen molar-refractivity contribution in [3.05, 3.63) is 140 Å². The summed E-state index contributed by atoms with van der Waals surface area (Å²) in [5.74, 6) is 0. The van der Waals surface area contributed by atoms with Crippen LogP contribution in [0.1, 0.15) is 0 Å². The predicted molar refractivity (Wildman–Crippen MR) is 166 cm³/mol. The number of aromatic nitrogens is 1. The van der Waals surface area contributed by atoms with Crippen LogP contribution in [0.15, 0.2) is 140 Å². The Morgan fingerprint density at radius 3 is 2.13 bits per heavy atom. The lowest BCUT2D eigenvalue weighted by Gasteiger charge is -2.25. The Labute approximate surface area is 228 Å². The van der Waals surface area contributed by atoms with Gasteiger partial charge in [-0.1, -0.05) is 109 Å². The first kappa shape index (κ1) is 22.0. The standard InChI is InChI=1S/C36H24BN2/c1-3-12-24(13-4-1)25-22-30(27-16-7-9-20-32(27)38-26-14-5-2-6-15-26)35-34(23-25)39-33-21-10-8-17-28(33)29-18-11-19-31(37-35)36(29)39/h1-23,38H. The lowest BCUT2D eigenvalue weighted by Crippen LogP contribution is -2.37. The summed E-state index contributed by atoms with van der Waals surface area (Å²) in [5, 5.41) is 6.26. The zero-order valence-corrected chi connectivity index (χ0v) is 21.3. The van der Waals surface area contributed by atoms with Crippen LogP contribution in [0, 0.1) is 0 Å². The van der Waals surface area contributed by atoms with E-state index in [-0.39, 0.29) is 0 Å². The Hall–Kier alpha value is -5.02. The molecule has 0 unspecified atom stereocenters. The van der Waals surface area contributed by atoms with Crippen LogP contribution in [-0.4, -0.2) is 11.8 Å². The fourth-order valence-electron chi connectivity index (χ4n) is 6.07. The molecule has 0 saturated carbocycles. The summed E-state index contributed by atoms with van der Waals surface area (Å²) in [4.78, 5) is 0. The van der Waals surface area contributed by atoms with Crippen molar-refractivity contribution in [1.29, 1.82) is 0 Å². The molecule has 0 atom stereocenters. The second-order valence-corrected chi connectivity index (χ2v) is 10.1. The Balaban J connectivity index is 1.45. The fraction of sp³-hybridized carbons (Fsp3) is 0. The van der Waals surface area contributed by atoms with Crippen LogP contribution in [0.3, 0.4) is 0 Å². The van der Waals surface area contributed by atoms with Gasteiger partial charge in [-0.25, -0.2) is 0 Å². The molecule has 2 heterocycles. The molecule has 0 amide bonds. The monoisotopic (exact) mass is 495 g/mol. The number of rotatable bonds is 4. The summed E-state index contributed by atoms with van der Waals surface area (Å²) in [6.07, 6.45) is 0. The molecule has 0 fully saturated rings. The zero-order chi connectivity index (χ0) is 25.8. The highest BCUT2D eigenvalue weighted by Gasteiger charge is 2.26. The maximum atomic E-state index is 3.68. The quantitative estimate of drug-likeness (QED) is 0.246. The Morgan fingerprint density at radius 2 is 1.26 bits per heavy atom. The zero-order valence-electron chi connectivity index (χ0n) is 21.3. The first-order chi connectivity index (χ1) is 19.3. The van der Waals surface area contributed by atoms with Crippen molar-refractivity contribution in [3.8, 4) is 27.9 Å². The largest absolute Gasteiger partial charge is 0.355 e. The fourth-order valence-corrected chi connectivity index (χ4v) is 6.07. The van der Waals surface area contributed by atoms with Gasteiger partial charge in [-0.15, -0.1) is 0 Å². The van der Waals surface area contributed by atoms with Crippen LogP contribution in [0.5, 0.6) is 0 Å². The third-order valence-corrected chi connectivity index (χ3v) is 7.80. The topological polar surface area (TPSA) is 17.0 Å². The van der Waals surface area contributed by atoms with Gasteiger partial charge >= 0.3 is 0 Å². The summed E-state index contributed by atoms with van der Waals surface area (Å²) >= 11 is 0. The lowest BCUT2D eigenvalue weighted by molar-refractivity contribution is 1.19. The SMILES string of the molecule is [B]1c2c(-c3ccccc3Nc3ccccc3)cc(-c3ccccc3)cc2-n2c3ccccc3c3cccc1c32. The van der Waals surface area contributed by atoms with Crippen molar-refractivity contribution in [2.24, 2.45) is 0 Å². The van der Waals surface area contributed by atoms with Gasteiger partial charge in [0.2, 0.25) is 0 Å². The average Bonchev–Trinajstić information content (AvgIpc) is 3.34. The van der Waals surface area contributed by atoms with Gasteiger partial charge in [0.1, 0.15) is 0 Å². The van der Waals surface area contributed by atoms with E-state index in [9.17, 15) is 0 Å². The van der Waals surface area contributed by atoms with E-state index in [2.05, 4.69) is 151 Å². The maximum absolute atomic E-state index is 3.68. The molecular formula is C36H24BN2. The number of nitrogens with zero attached hydrogens (tertiary/aromatic N) is 1. The molecule has 6 aromatic carbocycles. The van der Waals surface area contributed by atoms with Crippen molar-refractivity contribution in [2.45, 2.75) is 0 Å². The van der Waals surface area contributed by atoms with Crippen molar-refractivity contribution in [1.82, 2.24) is 4.57 Å². The minimum Gasteiger partial charge on any atom is -0.355 e. The number of nitrogens with one attached hydrogen (secondary N) is 1. The summed E-state index contributed by atoms with van der Waals surface area (Å²) in [5.41, 5.74) is 13.2. The number of fused-ring (bicyclic) bond motifs is 5. The van der Waals surface area contributed by atoms with Gasteiger partial charge in [-0.2, -0.15) is 0 Å². The van der Waals surface area contributed by atoms with Crippen molar-refractivity contribution >= 4 is 51.4 Å². The van der Waals surface area contributed by atoms with Gasteiger partial charge < -0.3 is 9.88 Å². The third kappa shape index (κ3) is 3.51. The first-order valence-electron chi connectivity index (χ1n) is 13.4. The van der Waals surface area contributed by atoms with Crippen LogP contribution in [0.4, 0.5) is 11.4 Å². The van der Waals surface area contributed by atoms with E-state index in [1.165, 1.54) is 60.7 Å². The minimum atomic E-state index is 1.07. The lowest BCUT2D eigenvalue weighted by atomic mass is 9.59. The van der Waals surface area contributed by atoms with Gasteiger partial charge in [-0.3, -0.25) is 0 Å². The highest BCUT2D eigenvalue weighted by atomic mass is 15.0. The summed E-state index contributed by atoms with van der Waals surface area (Å²) < 4.78 is 2.47. The van der Waals surface area contributed by atoms with Crippen LogP contribution >= 0.6 is 0 Å². The normalized spacial score (nSPS) is 11.8. The summed E-state index contributed by atoms with van der Waals surface area (Å²) in [6.45, 7) is 0. The molecule has 39 heavy (non-hydrogen) atoms. The van der Waals surface area contributed by atoms with Crippen molar-refractivity contribution < 1.29 is 0 Å². The van der Waals surface area contributed by atoms with Crippen LogP contribution in [0.25, 0.3) is 49.7 Å². The third-order valence-electron chi connectivity index (χ3n) is 7.80. The molecule has 0 spiro atoms. The van der Waals surface area contributed by atoms with E-state index in [4.69, 9.17) is 0 Å². The number of hydrogen-bond donors (Lipinski definition) is 1. The van der Waals surface area contributed by atoms with Gasteiger partial charge in [0, 0.05) is 38.9 Å². The molecule has 1 radical (unpaired) electrons. The highest BCUT2D eigenvalue weighted by Crippen LogP contribution is 2.38. The number of anilines is 2. The molecule has 0 saturated heterocycles. The molecule has 1 aliphatic heterocycles. The number of benzene rings is 6. The molecule has 1 aromatic heterocycles. The van der Waals surface area contributed by atoms with E-state index in [1.807, 2.05) is 6.07 Å². The molecule has 181 valence electrons. The molecule has 3 heteroatoms. The van der Waals surface area contributed by atoms with Gasteiger partial charge in [0.05, 0.1) is 5.52 Å². The van der Waals surface area contributed by atoms with E-state index in [0.717, 1.165) is 11.4 Å². The molecule has 1 N–H and O–H groups in total. The Bertz CT molecular complexity index is 2010. The molecule has 1 aliphatic rings. The number of para-hydroxylation sites is 4. The van der Waals surface area contributed by atoms with E-state index in [0.29, 0.717) is 0 Å². The molecule has 0 bridgehead atoms. The van der Waals surface area contributed by atoms with Crippen molar-refractivity contribution in [3.63, 3.8) is 0 Å². The molecule has 0 aliphatic carbocycles. The minimum absolute atomic E-state index is 1.07. The van der Waals surface area contributed by atoms with E-state index >= 15 is 0 Å². The molecule has 8 rings (SSSR count). The summed E-state index contributed by atoms with van der Waals surface area (Å²) in [7, 11) is 2.37. The second kappa shape index (κ2) is 8.78. The van der Waals surface area contributed by atoms with Crippen LogP contribution in [0.2, 0.25) is 0 Å². The van der Waals surface area contributed by atoms with E-state index < -0.39 is 0 Å². The van der Waals surface area contributed by atoms with Crippen LogP contribution < -0.4 is 16.2 Å².